The van der Waals surface area contributed by atoms with Crippen LogP contribution in [0.15, 0.2) is 34.4 Å². The van der Waals surface area contributed by atoms with Gasteiger partial charge in [-0.15, -0.1) is 11.3 Å². The summed E-state index contributed by atoms with van der Waals surface area (Å²) in [6.07, 6.45) is 1.48. The summed E-state index contributed by atoms with van der Waals surface area (Å²) in [5.41, 5.74) is 0.572. The van der Waals surface area contributed by atoms with Crippen molar-refractivity contribution < 1.29 is 14.7 Å². The van der Waals surface area contributed by atoms with Gasteiger partial charge >= 0.3 is 12.0 Å². The summed E-state index contributed by atoms with van der Waals surface area (Å²) in [5.74, 6) is -1.08. The molecule has 0 aliphatic heterocycles. The van der Waals surface area contributed by atoms with Crippen LogP contribution in [-0.4, -0.2) is 22.1 Å². The third-order valence-corrected chi connectivity index (χ3v) is 3.41. The van der Waals surface area contributed by atoms with Gasteiger partial charge in [0, 0.05) is 0 Å². The van der Waals surface area contributed by atoms with Crippen LogP contribution in [0, 0.1) is 0 Å². The summed E-state index contributed by atoms with van der Waals surface area (Å²) in [4.78, 5) is 26.5. The lowest BCUT2D eigenvalue weighted by molar-refractivity contribution is 0.0698. The number of rotatable bonds is 3. The van der Waals surface area contributed by atoms with Gasteiger partial charge in [0.2, 0.25) is 0 Å². The van der Waals surface area contributed by atoms with E-state index in [9.17, 15) is 9.59 Å². The van der Waals surface area contributed by atoms with Gasteiger partial charge in [-0.2, -0.15) is 0 Å². The van der Waals surface area contributed by atoms with Gasteiger partial charge in [-0.3, -0.25) is 5.32 Å². The van der Waals surface area contributed by atoms with Crippen LogP contribution in [0.5, 0.6) is 0 Å². The highest BCUT2D eigenvalue weighted by Crippen LogP contribution is 2.23. The maximum Gasteiger partial charge on any atom is 0.338 e. The molecule has 0 bridgehead atoms. The van der Waals surface area contributed by atoms with E-state index in [2.05, 4.69) is 31.5 Å². The molecule has 0 radical (unpaired) electrons. The number of amides is 2. The Morgan fingerprint density at radius 3 is 2.68 bits per heavy atom. The first-order valence-corrected chi connectivity index (χ1v) is 6.74. The van der Waals surface area contributed by atoms with Crippen molar-refractivity contribution in [2.24, 2.45) is 0 Å². The highest BCUT2D eigenvalue weighted by Gasteiger charge is 2.13. The number of carboxylic acid groups (broad SMARTS) is 1. The molecular formula is C11H8BrN3O3S. The number of urea groups is 1. The summed E-state index contributed by atoms with van der Waals surface area (Å²) in [5, 5.41) is 15.8. The lowest BCUT2D eigenvalue weighted by Gasteiger charge is -2.06. The smallest absolute Gasteiger partial charge is 0.338 e. The minimum absolute atomic E-state index is 0.0640. The predicted molar refractivity (Wildman–Crippen MR) is 75.9 cm³/mol. The van der Waals surface area contributed by atoms with Gasteiger partial charge in [-0.1, -0.05) is 0 Å². The minimum Gasteiger partial charge on any atom is -0.478 e. The number of carbonyl (C=O) groups is 2. The number of nitrogens with zero attached hydrogens (tertiary/aromatic N) is 1. The normalized spacial score (nSPS) is 9.95. The first-order chi connectivity index (χ1) is 9.06. The molecule has 0 saturated carbocycles. The van der Waals surface area contributed by atoms with Gasteiger partial charge < -0.3 is 10.4 Å². The second-order valence-corrected chi connectivity index (χ2v) is 5.15. The van der Waals surface area contributed by atoms with E-state index >= 15 is 0 Å². The summed E-state index contributed by atoms with van der Waals surface area (Å²) >= 11 is 4.33. The molecule has 0 atom stereocenters. The van der Waals surface area contributed by atoms with E-state index in [-0.39, 0.29) is 10.6 Å². The minimum atomic E-state index is -1.08. The summed E-state index contributed by atoms with van der Waals surface area (Å²) in [6, 6.07) is 4.27. The predicted octanol–water partition coefficient (Wildman–Crippen LogP) is 3.25. The van der Waals surface area contributed by atoms with E-state index in [0.29, 0.717) is 10.3 Å². The number of anilines is 2. The van der Waals surface area contributed by atoms with Crippen LogP contribution >= 0.6 is 27.3 Å². The first-order valence-electron chi connectivity index (χ1n) is 5.06. The number of hydrogen-bond donors (Lipinski definition) is 3. The lowest BCUT2D eigenvalue weighted by atomic mass is 10.3. The maximum absolute atomic E-state index is 11.7. The fraction of sp³-hybridized carbons (Fsp3) is 0. The molecule has 6 nitrogen and oxygen atoms in total. The zero-order valence-electron chi connectivity index (χ0n) is 9.38. The Bertz CT molecular complexity index is 612. The first kappa shape index (κ1) is 13.5. The van der Waals surface area contributed by atoms with E-state index < -0.39 is 12.0 Å². The van der Waals surface area contributed by atoms with Crippen LogP contribution in [0.1, 0.15) is 10.4 Å². The molecule has 2 rings (SSSR count). The van der Waals surface area contributed by atoms with E-state index in [1.165, 1.54) is 12.3 Å². The Kier molecular flexibility index (Phi) is 4.13. The fourth-order valence-electron chi connectivity index (χ4n) is 1.29. The molecule has 0 aromatic carbocycles. The van der Waals surface area contributed by atoms with Crippen LogP contribution in [0.25, 0.3) is 0 Å². The Hall–Kier alpha value is -1.93. The number of hydrogen-bond acceptors (Lipinski definition) is 4. The average Bonchev–Trinajstić information content (AvgIpc) is 2.80. The Morgan fingerprint density at radius 2 is 2.05 bits per heavy atom. The van der Waals surface area contributed by atoms with Gasteiger partial charge in [0.1, 0.15) is 9.60 Å². The number of carbonyl (C=O) groups excluding carboxylic acids is 1. The van der Waals surface area contributed by atoms with Crippen molar-refractivity contribution in [2.45, 2.75) is 0 Å². The summed E-state index contributed by atoms with van der Waals surface area (Å²) < 4.78 is 0.657. The number of aromatic nitrogens is 1. The third-order valence-electron chi connectivity index (χ3n) is 2.11. The van der Waals surface area contributed by atoms with Crippen LogP contribution in [0.2, 0.25) is 0 Å². The quantitative estimate of drug-likeness (QED) is 0.747. The van der Waals surface area contributed by atoms with E-state index in [1.807, 2.05) is 0 Å². The van der Waals surface area contributed by atoms with Crippen LogP contribution in [-0.2, 0) is 0 Å². The molecule has 2 aromatic rings. The lowest BCUT2D eigenvalue weighted by Crippen LogP contribution is -2.20. The molecule has 2 amide bonds. The second-order valence-electron chi connectivity index (χ2n) is 3.42. The molecule has 0 aliphatic rings. The summed E-state index contributed by atoms with van der Waals surface area (Å²) in [7, 11) is 0. The number of carboxylic acids is 1. The number of nitrogens with one attached hydrogen (secondary N) is 2. The highest BCUT2D eigenvalue weighted by molar-refractivity contribution is 9.10. The zero-order valence-corrected chi connectivity index (χ0v) is 11.8. The van der Waals surface area contributed by atoms with Gasteiger partial charge in [0.15, 0.2) is 0 Å². The fourth-order valence-corrected chi connectivity index (χ4v) is 2.30. The number of pyridine rings is 1. The molecule has 2 aromatic heterocycles. The SMILES string of the molecule is O=C(Nc1ccc(Br)nc1)Nc1sccc1C(=O)O. The Balaban J connectivity index is 2.03. The van der Waals surface area contributed by atoms with Crippen molar-refractivity contribution in [3.05, 3.63) is 39.9 Å². The molecule has 3 N–H and O–H groups in total. The Morgan fingerprint density at radius 1 is 1.26 bits per heavy atom. The molecule has 0 fully saturated rings. The number of thiophene rings is 1. The van der Waals surface area contributed by atoms with Gasteiger partial charge in [-0.05, 0) is 39.5 Å². The van der Waals surface area contributed by atoms with Crippen molar-refractivity contribution >= 4 is 50.0 Å². The Labute approximate surface area is 120 Å². The molecule has 0 saturated heterocycles. The van der Waals surface area contributed by atoms with Gasteiger partial charge in [-0.25, -0.2) is 14.6 Å². The topological polar surface area (TPSA) is 91.3 Å². The van der Waals surface area contributed by atoms with Crippen LogP contribution < -0.4 is 10.6 Å². The standard InChI is InChI=1S/C11H8BrN3O3S/c12-8-2-1-6(5-13-8)14-11(18)15-9-7(10(16)17)3-4-19-9/h1-5H,(H,16,17)(H2,14,15,18). The molecule has 0 spiro atoms. The molecule has 8 heteroatoms. The summed E-state index contributed by atoms with van der Waals surface area (Å²) in [6.45, 7) is 0. The zero-order chi connectivity index (χ0) is 13.8. The van der Waals surface area contributed by atoms with Crippen molar-refractivity contribution in [1.82, 2.24) is 4.98 Å². The van der Waals surface area contributed by atoms with Crippen molar-refractivity contribution in [3.63, 3.8) is 0 Å². The molecule has 98 valence electrons. The molecule has 19 heavy (non-hydrogen) atoms. The van der Waals surface area contributed by atoms with Gasteiger partial charge in [0.25, 0.3) is 0 Å². The number of aromatic carboxylic acids is 1. The monoisotopic (exact) mass is 341 g/mol. The molecule has 2 heterocycles. The molecular weight excluding hydrogens is 334 g/mol. The third kappa shape index (κ3) is 3.52. The molecule has 0 aliphatic carbocycles. The average molecular weight is 342 g/mol. The van der Waals surface area contributed by atoms with Gasteiger partial charge in [0.05, 0.1) is 17.4 Å². The number of halogens is 1. The maximum atomic E-state index is 11.7. The van der Waals surface area contributed by atoms with E-state index in [4.69, 9.17) is 5.11 Å². The van der Waals surface area contributed by atoms with E-state index in [1.54, 1.807) is 17.5 Å². The van der Waals surface area contributed by atoms with Crippen molar-refractivity contribution in [2.75, 3.05) is 10.6 Å². The van der Waals surface area contributed by atoms with Crippen LogP contribution in [0.4, 0.5) is 15.5 Å². The largest absolute Gasteiger partial charge is 0.478 e. The van der Waals surface area contributed by atoms with Crippen molar-refractivity contribution in [1.29, 1.82) is 0 Å². The van der Waals surface area contributed by atoms with Crippen LogP contribution in [0.3, 0.4) is 0 Å². The highest BCUT2D eigenvalue weighted by atomic mass is 79.9. The molecule has 0 unspecified atom stereocenters. The van der Waals surface area contributed by atoms with Crippen molar-refractivity contribution in [3.8, 4) is 0 Å². The second kappa shape index (κ2) is 5.81. The van der Waals surface area contributed by atoms with E-state index in [0.717, 1.165) is 11.3 Å².